The molecular formula is C19H19ClFN3OS. The summed E-state index contributed by atoms with van der Waals surface area (Å²) < 4.78 is 15.3. The molecule has 1 N–H and O–H groups in total. The molecule has 0 bridgehead atoms. The molecule has 0 aliphatic heterocycles. The van der Waals surface area contributed by atoms with Crippen LogP contribution in [0.3, 0.4) is 0 Å². The highest BCUT2D eigenvalue weighted by Crippen LogP contribution is 2.26. The van der Waals surface area contributed by atoms with Crippen LogP contribution in [0.2, 0.25) is 5.02 Å². The van der Waals surface area contributed by atoms with Crippen LogP contribution in [0.5, 0.6) is 0 Å². The minimum Gasteiger partial charge on any atom is -0.325 e. The number of imidazole rings is 1. The number of aromatic nitrogens is 2. The SMILES string of the molecule is CC(C)Cn1c(SCC(=O)Nc2ccc(F)c(Cl)c2)nc2ccccc21. The number of anilines is 1. The molecule has 7 heteroatoms. The van der Waals surface area contributed by atoms with Crippen LogP contribution in [-0.2, 0) is 11.3 Å². The summed E-state index contributed by atoms with van der Waals surface area (Å²) >= 11 is 7.12. The van der Waals surface area contributed by atoms with Gasteiger partial charge >= 0.3 is 0 Å². The first-order chi connectivity index (χ1) is 12.4. The van der Waals surface area contributed by atoms with Crippen molar-refractivity contribution in [2.75, 3.05) is 11.1 Å². The van der Waals surface area contributed by atoms with Gasteiger partial charge in [-0.25, -0.2) is 9.37 Å². The van der Waals surface area contributed by atoms with Crippen molar-refractivity contribution in [2.45, 2.75) is 25.5 Å². The predicted molar refractivity (Wildman–Crippen MR) is 105 cm³/mol. The van der Waals surface area contributed by atoms with Crippen LogP contribution < -0.4 is 5.32 Å². The lowest BCUT2D eigenvalue weighted by molar-refractivity contribution is -0.113. The number of nitrogens with zero attached hydrogens (tertiary/aromatic N) is 2. The predicted octanol–water partition coefficient (Wildman–Crippen LogP) is 5.22. The van der Waals surface area contributed by atoms with E-state index in [2.05, 4.69) is 28.7 Å². The van der Waals surface area contributed by atoms with E-state index in [1.54, 1.807) is 0 Å². The number of nitrogens with one attached hydrogen (secondary N) is 1. The van der Waals surface area contributed by atoms with Crippen LogP contribution in [-0.4, -0.2) is 21.2 Å². The molecule has 136 valence electrons. The lowest BCUT2D eigenvalue weighted by Crippen LogP contribution is -2.15. The molecular weight excluding hydrogens is 373 g/mol. The van der Waals surface area contributed by atoms with Gasteiger partial charge in [-0.3, -0.25) is 4.79 Å². The van der Waals surface area contributed by atoms with Crippen LogP contribution >= 0.6 is 23.4 Å². The van der Waals surface area contributed by atoms with Crippen molar-refractivity contribution in [3.05, 3.63) is 53.3 Å². The third-order valence-electron chi connectivity index (χ3n) is 3.70. The first-order valence-corrected chi connectivity index (χ1v) is 9.63. The van der Waals surface area contributed by atoms with Gasteiger partial charge in [0.25, 0.3) is 0 Å². The van der Waals surface area contributed by atoms with Gasteiger partial charge in [0.15, 0.2) is 5.16 Å². The summed E-state index contributed by atoms with van der Waals surface area (Å²) in [7, 11) is 0. The number of carbonyl (C=O) groups is 1. The van der Waals surface area contributed by atoms with Gasteiger partial charge in [-0.2, -0.15) is 0 Å². The largest absolute Gasteiger partial charge is 0.325 e. The summed E-state index contributed by atoms with van der Waals surface area (Å²) in [5.74, 6) is -0.0411. The zero-order chi connectivity index (χ0) is 18.7. The van der Waals surface area contributed by atoms with Gasteiger partial charge in [-0.05, 0) is 36.2 Å². The molecule has 0 unspecified atom stereocenters. The molecule has 1 amide bonds. The Kier molecular flexibility index (Phi) is 5.84. The molecule has 0 saturated carbocycles. The number of hydrogen-bond donors (Lipinski definition) is 1. The summed E-state index contributed by atoms with van der Waals surface area (Å²) in [6, 6.07) is 12.1. The zero-order valence-corrected chi connectivity index (χ0v) is 16.1. The van der Waals surface area contributed by atoms with Gasteiger partial charge in [0, 0.05) is 12.2 Å². The third-order valence-corrected chi connectivity index (χ3v) is 4.97. The van der Waals surface area contributed by atoms with Crippen molar-refractivity contribution in [2.24, 2.45) is 5.92 Å². The highest BCUT2D eigenvalue weighted by Gasteiger charge is 2.14. The maximum absolute atomic E-state index is 13.2. The van der Waals surface area contributed by atoms with Gasteiger partial charge in [0.2, 0.25) is 5.91 Å². The highest BCUT2D eigenvalue weighted by molar-refractivity contribution is 7.99. The fourth-order valence-electron chi connectivity index (χ4n) is 2.61. The number of amides is 1. The summed E-state index contributed by atoms with van der Waals surface area (Å²) in [5.41, 5.74) is 2.45. The number of halogens is 2. The maximum Gasteiger partial charge on any atom is 0.234 e. The van der Waals surface area contributed by atoms with E-state index in [1.807, 2.05) is 24.3 Å². The summed E-state index contributed by atoms with van der Waals surface area (Å²) in [6.45, 7) is 5.13. The monoisotopic (exact) mass is 391 g/mol. The fourth-order valence-corrected chi connectivity index (χ4v) is 3.61. The van der Waals surface area contributed by atoms with E-state index in [-0.39, 0.29) is 16.7 Å². The summed E-state index contributed by atoms with van der Waals surface area (Å²) in [5, 5.41) is 3.52. The van der Waals surface area contributed by atoms with Gasteiger partial charge in [0.1, 0.15) is 5.82 Å². The Labute approximate surface area is 160 Å². The topological polar surface area (TPSA) is 46.9 Å². The molecule has 3 aromatic rings. The van der Waals surface area contributed by atoms with Crippen LogP contribution in [0.4, 0.5) is 10.1 Å². The van der Waals surface area contributed by atoms with Crippen molar-refractivity contribution in [3.8, 4) is 0 Å². The van der Waals surface area contributed by atoms with Gasteiger partial charge in [0.05, 0.1) is 21.8 Å². The third kappa shape index (κ3) is 4.37. The Bertz CT molecular complexity index is 942. The molecule has 1 heterocycles. The number of para-hydroxylation sites is 2. The van der Waals surface area contributed by atoms with Crippen molar-refractivity contribution in [1.82, 2.24) is 9.55 Å². The van der Waals surface area contributed by atoms with Crippen molar-refractivity contribution in [3.63, 3.8) is 0 Å². The number of rotatable bonds is 6. The Morgan fingerprint density at radius 3 is 2.81 bits per heavy atom. The molecule has 0 spiro atoms. The Morgan fingerprint density at radius 2 is 2.08 bits per heavy atom. The van der Waals surface area contributed by atoms with Crippen molar-refractivity contribution in [1.29, 1.82) is 0 Å². The Hall–Kier alpha value is -2.05. The molecule has 3 rings (SSSR count). The average Bonchev–Trinajstić information content (AvgIpc) is 2.94. The minimum atomic E-state index is -0.513. The quantitative estimate of drug-likeness (QED) is 0.586. The van der Waals surface area contributed by atoms with E-state index in [0.29, 0.717) is 11.6 Å². The van der Waals surface area contributed by atoms with E-state index in [0.717, 1.165) is 22.7 Å². The smallest absolute Gasteiger partial charge is 0.234 e. The Morgan fingerprint density at radius 1 is 1.31 bits per heavy atom. The number of carbonyl (C=O) groups excluding carboxylic acids is 1. The fraction of sp³-hybridized carbons (Fsp3) is 0.263. The van der Waals surface area contributed by atoms with Crippen molar-refractivity contribution < 1.29 is 9.18 Å². The second-order valence-corrected chi connectivity index (χ2v) is 7.70. The van der Waals surface area contributed by atoms with Gasteiger partial charge in [-0.15, -0.1) is 0 Å². The van der Waals surface area contributed by atoms with Crippen molar-refractivity contribution >= 4 is 46.0 Å². The molecule has 0 aliphatic carbocycles. The van der Waals surface area contributed by atoms with Crippen LogP contribution in [0, 0.1) is 11.7 Å². The minimum absolute atomic E-state index is 0.0193. The highest BCUT2D eigenvalue weighted by atomic mass is 35.5. The van der Waals surface area contributed by atoms with Gasteiger partial charge in [-0.1, -0.05) is 49.3 Å². The molecule has 0 fully saturated rings. The molecule has 0 aliphatic rings. The molecule has 4 nitrogen and oxygen atoms in total. The average molecular weight is 392 g/mol. The first kappa shape index (κ1) is 18.7. The van der Waals surface area contributed by atoms with E-state index in [9.17, 15) is 9.18 Å². The second kappa shape index (κ2) is 8.10. The normalized spacial score (nSPS) is 11.3. The molecule has 2 aromatic carbocycles. The molecule has 1 aromatic heterocycles. The maximum atomic E-state index is 13.2. The molecule has 0 atom stereocenters. The summed E-state index contributed by atoms with van der Waals surface area (Å²) in [4.78, 5) is 16.9. The molecule has 0 saturated heterocycles. The second-order valence-electron chi connectivity index (χ2n) is 6.35. The first-order valence-electron chi connectivity index (χ1n) is 8.27. The number of fused-ring (bicyclic) bond motifs is 1. The zero-order valence-electron chi connectivity index (χ0n) is 14.5. The Balaban J connectivity index is 1.72. The number of hydrogen-bond acceptors (Lipinski definition) is 3. The van der Waals surface area contributed by atoms with Gasteiger partial charge < -0.3 is 9.88 Å². The molecule has 0 radical (unpaired) electrons. The standard InChI is InChI=1S/C19H19ClFN3OS/c1-12(2)10-24-17-6-4-3-5-16(17)23-19(24)26-11-18(25)22-13-7-8-15(21)14(20)9-13/h3-9,12H,10-11H2,1-2H3,(H,22,25). The van der Waals surface area contributed by atoms with E-state index in [4.69, 9.17) is 11.6 Å². The van der Waals surface area contributed by atoms with Crippen LogP contribution in [0.1, 0.15) is 13.8 Å². The van der Waals surface area contributed by atoms with E-state index in [1.165, 1.54) is 30.0 Å². The van der Waals surface area contributed by atoms with Crippen LogP contribution in [0.25, 0.3) is 11.0 Å². The lowest BCUT2D eigenvalue weighted by atomic mass is 10.2. The van der Waals surface area contributed by atoms with E-state index < -0.39 is 5.82 Å². The van der Waals surface area contributed by atoms with E-state index >= 15 is 0 Å². The molecule has 26 heavy (non-hydrogen) atoms. The number of benzene rings is 2. The summed E-state index contributed by atoms with van der Waals surface area (Å²) in [6.07, 6.45) is 0. The lowest BCUT2D eigenvalue weighted by Gasteiger charge is -2.11. The van der Waals surface area contributed by atoms with Crippen LogP contribution in [0.15, 0.2) is 47.6 Å². The number of thioether (sulfide) groups is 1.